The van der Waals surface area contributed by atoms with Crippen LogP contribution in [0, 0.1) is 20.8 Å². The predicted octanol–water partition coefficient (Wildman–Crippen LogP) is 3.19. The highest BCUT2D eigenvalue weighted by Crippen LogP contribution is 2.23. The van der Waals surface area contributed by atoms with Gasteiger partial charge in [-0.1, -0.05) is 6.07 Å². The van der Waals surface area contributed by atoms with Crippen molar-refractivity contribution >= 4 is 18.3 Å². The van der Waals surface area contributed by atoms with Gasteiger partial charge in [0.25, 0.3) is 0 Å². The fraction of sp³-hybridized carbons (Fsp3) is 0.611. The number of nitrogens with one attached hydrogen (secondary N) is 1. The van der Waals surface area contributed by atoms with E-state index >= 15 is 0 Å². The summed E-state index contributed by atoms with van der Waals surface area (Å²) in [5, 5.41) is 3.09. The molecule has 0 saturated heterocycles. The summed E-state index contributed by atoms with van der Waals surface area (Å²) in [6.07, 6.45) is 4.38. The molecule has 5 heteroatoms. The third kappa shape index (κ3) is 6.04. The highest BCUT2D eigenvalue weighted by atomic mass is 35.5. The second kappa shape index (κ2) is 9.14. The summed E-state index contributed by atoms with van der Waals surface area (Å²) in [6, 6.07) is 4.77. The Labute approximate surface area is 145 Å². The molecule has 3 N–H and O–H groups in total. The zero-order valence-corrected chi connectivity index (χ0v) is 15.2. The van der Waals surface area contributed by atoms with Crippen LogP contribution in [-0.2, 0) is 4.79 Å². The van der Waals surface area contributed by atoms with E-state index in [2.05, 4.69) is 32.2 Å². The SMILES string of the molecule is Cc1cc(C)c(C)c(OCCC(=O)NC2CCC(N)CC2)c1.Cl. The highest BCUT2D eigenvalue weighted by Gasteiger charge is 2.19. The third-order valence-corrected chi connectivity index (χ3v) is 4.49. The Balaban J connectivity index is 0.00000264. The largest absolute Gasteiger partial charge is 0.493 e. The molecule has 1 amide bonds. The highest BCUT2D eigenvalue weighted by molar-refractivity contribution is 5.85. The van der Waals surface area contributed by atoms with E-state index in [1.165, 1.54) is 11.1 Å². The fourth-order valence-electron chi connectivity index (χ4n) is 2.97. The van der Waals surface area contributed by atoms with Gasteiger partial charge in [0.05, 0.1) is 13.0 Å². The molecule has 0 aromatic heterocycles. The Hall–Kier alpha value is -1.26. The Morgan fingerprint density at radius 3 is 2.52 bits per heavy atom. The second-order valence-electron chi connectivity index (χ2n) is 6.48. The Morgan fingerprint density at radius 2 is 1.87 bits per heavy atom. The minimum atomic E-state index is 0. The monoisotopic (exact) mass is 340 g/mol. The molecule has 23 heavy (non-hydrogen) atoms. The molecule has 1 aliphatic rings. The number of ether oxygens (including phenoxy) is 1. The fourth-order valence-corrected chi connectivity index (χ4v) is 2.97. The first-order valence-electron chi connectivity index (χ1n) is 8.21. The zero-order chi connectivity index (χ0) is 16.1. The number of hydrogen-bond donors (Lipinski definition) is 2. The Bertz CT molecular complexity index is 526. The molecule has 0 atom stereocenters. The number of amides is 1. The maximum atomic E-state index is 12.0. The van der Waals surface area contributed by atoms with Crippen molar-refractivity contribution in [2.24, 2.45) is 5.73 Å². The van der Waals surface area contributed by atoms with Crippen molar-refractivity contribution < 1.29 is 9.53 Å². The number of halogens is 1. The molecule has 0 unspecified atom stereocenters. The van der Waals surface area contributed by atoms with Crippen molar-refractivity contribution in [2.75, 3.05) is 6.61 Å². The van der Waals surface area contributed by atoms with E-state index in [0.717, 1.165) is 37.0 Å². The molecule has 0 heterocycles. The summed E-state index contributed by atoms with van der Waals surface area (Å²) in [5.74, 6) is 0.955. The van der Waals surface area contributed by atoms with Crippen LogP contribution in [-0.4, -0.2) is 24.6 Å². The molecular formula is C18H29ClN2O2. The molecule has 4 nitrogen and oxygen atoms in total. The van der Waals surface area contributed by atoms with Crippen molar-refractivity contribution in [1.82, 2.24) is 5.32 Å². The van der Waals surface area contributed by atoms with E-state index < -0.39 is 0 Å². The van der Waals surface area contributed by atoms with Crippen LogP contribution in [0.4, 0.5) is 0 Å². The molecule has 1 aromatic rings. The molecule has 0 bridgehead atoms. The lowest BCUT2D eigenvalue weighted by atomic mass is 9.92. The number of aryl methyl sites for hydroxylation is 2. The molecule has 130 valence electrons. The molecule has 1 fully saturated rings. The molecular weight excluding hydrogens is 312 g/mol. The molecule has 0 radical (unpaired) electrons. The van der Waals surface area contributed by atoms with E-state index in [-0.39, 0.29) is 24.4 Å². The Kier molecular flexibility index (Phi) is 7.86. The molecule has 0 aliphatic heterocycles. The van der Waals surface area contributed by atoms with Crippen LogP contribution in [0.15, 0.2) is 12.1 Å². The van der Waals surface area contributed by atoms with Gasteiger partial charge in [0.1, 0.15) is 5.75 Å². The number of benzene rings is 1. The lowest BCUT2D eigenvalue weighted by Gasteiger charge is -2.26. The number of carbonyl (C=O) groups is 1. The standard InChI is InChI=1S/C18H28N2O2.ClH/c1-12-10-13(2)14(3)17(11-12)22-9-8-18(21)20-16-6-4-15(19)5-7-16;/h10-11,15-16H,4-9,19H2,1-3H3,(H,20,21);1H. The second-order valence-corrected chi connectivity index (χ2v) is 6.48. The summed E-state index contributed by atoms with van der Waals surface area (Å²) < 4.78 is 5.79. The zero-order valence-electron chi connectivity index (χ0n) is 14.4. The van der Waals surface area contributed by atoms with Crippen molar-refractivity contribution in [3.63, 3.8) is 0 Å². The number of rotatable bonds is 5. The summed E-state index contributed by atoms with van der Waals surface area (Å²) in [6.45, 7) is 6.60. The topological polar surface area (TPSA) is 64.3 Å². The van der Waals surface area contributed by atoms with Crippen LogP contribution in [0.2, 0.25) is 0 Å². The average Bonchev–Trinajstić information content (AvgIpc) is 2.46. The summed E-state index contributed by atoms with van der Waals surface area (Å²) >= 11 is 0. The summed E-state index contributed by atoms with van der Waals surface area (Å²) in [4.78, 5) is 12.0. The smallest absolute Gasteiger partial charge is 0.223 e. The van der Waals surface area contributed by atoms with Gasteiger partial charge in [0.2, 0.25) is 5.91 Å². The molecule has 1 aromatic carbocycles. The van der Waals surface area contributed by atoms with Gasteiger partial charge in [0.15, 0.2) is 0 Å². The first kappa shape index (κ1) is 19.8. The molecule has 1 saturated carbocycles. The van der Waals surface area contributed by atoms with Gasteiger partial charge in [-0.15, -0.1) is 12.4 Å². The lowest BCUT2D eigenvalue weighted by molar-refractivity contribution is -0.122. The first-order valence-corrected chi connectivity index (χ1v) is 8.21. The first-order chi connectivity index (χ1) is 10.5. The van der Waals surface area contributed by atoms with Gasteiger partial charge >= 0.3 is 0 Å². The maximum Gasteiger partial charge on any atom is 0.223 e. The summed E-state index contributed by atoms with van der Waals surface area (Å²) in [5.41, 5.74) is 9.43. The van der Waals surface area contributed by atoms with Gasteiger partial charge < -0.3 is 15.8 Å². The third-order valence-electron chi connectivity index (χ3n) is 4.49. The van der Waals surface area contributed by atoms with Gasteiger partial charge in [0, 0.05) is 12.1 Å². The van der Waals surface area contributed by atoms with E-state index in [4.69, 9.17) is 10.5 Å². The van der Waals surface area contributed by atoms with E-state index in [1.807, 2.05) is 6.07 Å². The summed E-state index contributed by atoms with van der Waals surface area (Å²) in [7, 11) is 0. The quantitative estimate of drug-likeness (QED) is 0.865. The molecule has 0 spiro atoms. The number of nitrogens with two attached hydrogens (primary N) is 1. The predicted molar refractivity (Wildman–Crippen MR) is 96.4 cm³/mol. The average molecular weight is 341 g/mol. The van der Waals surface area contributed by atoms with E-state index in [0.29, 0.717) is 19.1 Å². The minimum Gasteiger partial charge on any atom is -0.493 e. The lowest BCUT2D eigenvalue weighted by Crippen LogP contribution is -2.40. The van der Waals surface area contributed by atoms with Crippen molar-refractivity contribution in [2.45, 2.75) is 65.0 Å². The van der Waals surface area contributed by atoms with Crippen LogP contribution < -0.4 is 15.8 Å². The van der Waals surface area contributed by atoms with Crippen LogP contribution >= 0.6 is 12.4 Å². The van der Waals surface area contributed by atoms with Gasteiger partial charge in [-0.05, 0) is 69.2 Å². The molecule has 2 rings (SSSR count). The van der Waals surface area contributed by atoms with Gasteiger partial charge in [-0.2, -0.15) is 0 Å². The molecule has 1 aliphatic carbocycles. The van der Waals surface area contributed by atoms with Gasteiger partial charge in [-0.25, -0.2) is 0 Å². The van der Waals surface area contributed by atoms with Crippen molar-refractivity contribution in [3.05, 3.63) is 28.8 Å². The van der Waals surface area contributed by atoms with Crippen LogP contribution in [0.5, 0.6) is 5.75 Å². The van der Waals surface area contributed by atoms with Gasteiger partial charge in [-0.3, -0.25) is 4.79 Å². The number of carbonyl (C=O) groups excluding carboxylic acids is 1. The number of hydrogen-bond acceptors (Lipinski definition) is 3. The van der Waals surface area contributed by atoms with Crippen LogP contribution in [0.1, 0.15) is 48.8 Å². The Morgan fingerprint density at radius 1 is 1.22 bits per heavy atom. The minimum absolute atomic E-state index is 0. The van der Waals surface area contributed by atoms with Crippen molar-refractivity contribution in [1.29, 1.82) is 0 Å². The van der Waals surface area contributed by atoms with Crippen molar-refractivity contribution in [3.8, 4) is 5.75 Å². The van der Waals surface area contributed by atoms with E-state index in [9.17, 15) is 4.79 Å². The normalized spacial score (nSPS) is 20.5. The van der Waals surface area contributed by atoms with Crippen LogP contribution in [0.3, 0.4) is 0 Å². The maximum absolute atomic E-state index is 12.0. The van der Waals surface area contributed by atoms with Crippen LogP contribution in [0.25, 0.3) is 0 Å². The van der Waals surface area contributed by atoms with E-state index in [1.54, 1.807) is 0 Å².